The highest BCUT2D eigenvalue weighted by molar-refractivity contribution is 6.54. The molecule has 2 rings (SSSR count). The van der Waals surface area contributed by atoms with Gasteiger partial charge in [-0.05, 0) is 17.9 Å². The molecule has 18 heavy (non-hydrogen) atoms. The molecule has 1 N–H and O–H groups in total. The van der Waals surface area contributed by atoms with E-state index in [4.69, 9.17) is 5.26 Å². The Bertz CT molecular complexity index is 551. The lowest BCUT2D eigenvalue weighted by atomic mass is 9.58. The van der Waals surface area contributed by atoms with Crippen molar-refractivity contribution < 1.29 is 5.11 Å². The smallest absolute Gasteiger partial charge is 0.191 e. The van der Waals surface area contributed by atoms with Crippen LogP contribution in [0.15, 0.2) is 48.7 Å². The lowest BCUT2D eigenvalue weighted by molar-refractivity contribution is 0.293. The molecule has 2 aromatic rings. The van der Waals surface area contributed by atoms with Gasteiger partial charge in [-0.3, -0.25) is 4.98 Å². The van der Waals surface area contributed by atoms with Crippen molar-refractivity contribution in [3.63, 3.8) is 0 Å². The quantitative estimate of drug-likeness (QED) is 0.804. The molecule has 0 saturated heterocycles. The van der Waals surface area contributed by atoms with Crippen molar-refractivity contribution in [1.82, 2.24) is 4.98 Å². The Kier molecular flexibility index (Phi) is 4.11. The standard InChI is InChI=1S/C14H12BN2O/c16-9-12-7-4-8-17-14(12)15-13(10-18)11-5-2-1-3-6-11/h1-8,13,18H,10H2. The van der Waals surface area contributed by atoms with Gasteiger partial charge < -0.3 is 5.11 Å². The monoisotopic (exact) mass is 235 g/mol. The first kappa shape index (κ1) is 12.3. The molecule has 0 saturated carbocycles. The summed E-state index contributed by atoms with van der Waals surface area (Å²) in [7, 11) is 1.83. The number of hydrogen-bond donors (Lipinski definition) is 1. The molecule has 1 atom stereocenters. The van der Waals surface area contributed by atoms with E-state index in [1.807, 2.05) is 37.6 Å². The molecule has 0 amide bonds. The van der Waals surface area contributed by atoms with E-state index >= 15 is 0 Å². The van der Waals surface area contributed by atoms with Crippen LogP contribution in [0, 0.1) is 11.3 Å². The molecule has 0 aliphatic heterocycles. The van der Waals surface area contributed by atoms with Gasteiger partial charge in [0, 0.05) is 18.4 Å². The molecule has 0 spiro atoms. The van der Waals surface area contributed by atoms with Gasteiger partial charge in [-0.25, -0.2) is 0 Å². The summed E-state index contributed by atoms with van der Waals surface area (Å²) >= 11 is 0. The Balaban J connectivity index is 2.24. The molecule has 1 radical (unpaired) electrons. The van der Waals surface area contributed by atoms with Gasteiger partial charge in [0.1, 0.15) is 6.07 Å². The van der Waals surface area contributed by atoms with E-state index in [1.165, 1.54) is 0 Å². The average Bonchev–Trinajstić information content (AvgIpc) is 2.46. The molecule has 4 heteroatoms. The normalized spacial score (nSPS) is 11.6. The highest BCUT2D eigenvalue weighted by Crippen LogP contribution is 2.13. The van der Waals surface area contributed by atoms with Crippen LogP contribution in [0.1, 0.15) is 16.9 Å². The summed E-state index contributed by atoms with van der Waals surface area (Å²) in [5.74, 6) is -0.145. The minimum Gasteiger partial charge on any atom is -0.396 e. The van der Waals surface area contributed by atoms with E-state index in [-0.39, 0.29) is 12.4 Å². The van der Waals surface area contributed by atoms with Crippen molar-refractivity contribution in [3.05, 3.63) is 59.8 Å². The summed E-state index contributed by atoms with van der Waals surface area (Å²) in [6, 6.07) is 15.2. The van der Waals surface area contributed by atoms with Crippen LogP contribution in [-0.2, 0) is 0 Å². The largest absolute Gasteiger partial charge is 0.396 e. The molecule has 0 fully saturated rings. The number of aromatic nitrogens is 1. The summed E-state index contributed by atoms with van der Waals surface area (Å²) in [6.45, 7) is -0.00848. The SMILES string of the molecule is N#Cc1cccnc1[B]C(CO)c1ccccc1. The number of nitrogens with zero attached hydrogens (tertiary/aromatic N) is 2. The third-order valence-corrected chi connectivity index (χ3v) is 2.74. The summed E-state index contributed by atoms with van der Waals surface area (Å²) in [5.41, 5.74) is 2.14. The fourth-order valence-electron chi connectivity index (χ4n) is 1.79. The highest BCUT2D eigenvalue weighted by atomic mass is 16.3. The first-order valence-electron chi connectivity index (χ1n) is 5.71. The molecule has 1 heterocycles. The number of hydrogen-bond acceptors (Lipinski definition) is 3. The Hall–Kier alpha value is -2.12. The van der Waals surface area contributed by atoms with Crippen molar-refractivity contribution in [2.75, 3.05) is 6.61 Å². The van der Waals surface area contributed by atoms with E-state index in [0.717, 1.165) is 5.56 Å². The number of aliphatic hydroxyl groups excluding tert-OH is 1. The second-order valence-electron chi connectivity index (χ2n) is 3.91. The maximum absolute atomic E-state index is 9.46. The van der Waals surface area contributed by atoms with Gasteiger partial charge in [-0.1, -0.05) is 35.9 Å². The van der Waals surface area contributed by atoms with Crippen molar-refractivity contribution in [2.24, 2.45) is 0 Å². The van der Waals surface area contributed by atoms with Crippen LogP contribution in [0.5, 0.6) is 0 Å². The predicted molar refractivity (Wildman–Crippen MR) is 70.6 cm³/mol. The molecule has 1 unspecified atom stereocenters. The molecular weight excluding hydrogens is 223 g/mol. The number of nitriles is 1. The first-order chi connectivity index (χ1) is 8.85. The number of benzene rings is 1. The van der Waals surface area contributed by atoms with E-state index in [0.29, 0.717) is 11.2 Å². The molecule has 0 aliphatic rings. The zero-order chi connectivity index (χ0) is 12.8. The third-order valence-electron chi connectivity index (χ3n) is 2.74. The van der Waals surface area contributed by atoms with Crippen LogP contribution in [0.25, 0.3) is 0 Å². The van der Waals surface area contributed by atoms with Crippen molar-refractivity contribution in [3.8, 4) is 6.07 Å². The number of pyridine rings is 1. The van der Waals surface area contributed by atoms with Crippen LogP contribution in [0.3, 0.4) is 0 Å². The van der Waals surface area contributed by atoms with Gasteiger partial charge in [0.25, 0.3) is 0 Å². The molecule has 87 valence electrons. The Morgan fingerprint density at radius 1 is 1.22 bits per heavy atom. The lowest BCUT2D eigenvalue weighted by Gasteiger charge is -2.13. The predicted octanol–water partition coefficient (Wildman–Crippen LogP) is 1.02. The van der Waals surface area contributed by atoms with Gasteiger partial charge >= 0.3 is 0 Å². The van der Waals surface area contributed by atoms with Crippen molar-refractivity contribution in [1.29, 1.82) is 5.26 Å². The minimum atomic E-state index is -0.145. The molecular formula is C14H12BN2O. The zero-order valence-electron chi connectivity index (χ0n) is 9.82. The van der Waals surface area contributed by atoms with Crippen LogP contribution in [0.2, 0.25) is 0 Å². The Morgan fingerprint density at radius 2 is 2.00 bits per heavy atom. The second kappa shape index (κ2) is 5.99. The first-order valence-corrected chi connectivity index (χ1v) is 5.71. The number of rotatable bonds is 4. The van der Waals surface area contributed by atoms with Gasteiger partial charge in [0.15, 0.2) is 7.28 Å². The summed E-state index contributed by atoms with van der Waals surface area (Å²) in [4.78, 5) is 4.17. The minimum absolute atomic E-state index is 0.00848. The van der Waals surface area contributed by atoms with Gasteiger partial charge in [0.2, 0.25) is 0 Å². The van der Waals surface area contributed by atoms with Crippen molar-refractivity contribution >= 4 is 12.9 Å². The van der Waals surface area contributed by atoms with E-state index in [2.05, 4.69) is 11.1 Å². The molecule has 1 aromatic carbocycles. The van der Waals surface area contributed by atoms with Crippen LogP contribution in [-0.4, -0.2) is 24.0 Å². The third kappa shape index (κ3) is 2.76. The van der Waals surface area contributed by atoms with Gasteiger partial charge in [-0.15, -0.1) is 0 Å². The van der Waals surface area contributed by atoms with Gasteiger partial charge in [-0.2, -0.15) is 5.26 Å². The lowest BCUT2D eigenvalue weighted by Crippen LogP contribution is -2.29. The van der Waals surface area contributed by atoms with E-state index in [9.17, 15) is 5.11 Å². The van der Waals surface area contributed by atoms with E-state index in [1.54, 1.807) is 18.3 Å². The highest BCUT2D eigenvalue weighted by Gasteiger charge is 2.15. The summed E-state index contributed by atoms with van der Waals surface area (Å²) in [5, 5.41) is 18.5. The van der Waals surface area contributed by atoms with E-state index < -0.39 is 0 Å². The summed E-state index contributed by atoms with van der Waals surface area (Å²) in [6.07, 6.45) is 1.64. The fourth-order valence-corrected chi connectivity index (χ4v) is 1.79. The molecule has 0 aliphatic carbocycles. The Labute approximate surface area is 107 Å². The van der Waals surface area contributed by atoms with Crippen molar-refractivity contribution in [2.45, 2.75) is 5.82 Å². The molecule has 0 bridgehead atoms. The van der Waals surface area contributed by atoms with Crippen LogP contribution in [0.4, 0.5) is 0 Å². The van der Waals surface area contributed by atoms with Crippen LogP contribution >= 0.6 is 0 Å². The maximum Gasteiger partial charge on any atom is 0.191 e. The Morgan fingerprint density at radius 3 is 2.67 bits per heavy atom. The zero-order valence-corrected chi connectivity index (χ0v) is 9.82. The van der Waals surface area contributed by atoms with Gasteiger partial charge in [0.05, 0.1) is 5.56 Å². The van der Waals surface area contributed by atoms with Crippen LogP contribution < -0.4 is 5.59 Å². The fraction of sp³-hybridized carbons (Fsp3) is 0.143. The second-order valence-corrected chi connectivity index (χ2v) is 3.91. The summed E-state index contributed by atoms with van der Waals surface area (Å²) < 4.78 is 0. The average molecular weight is 235 g/mol. The molecule has 1 aromatic heterocycles. The molecule has 3 nitrogen and oxygen atoms in total. The number of aliphatic hydroxyl groups is 1. The topological polar surface area (TPSA) is 56.9 Å². The maximum atomic E-state index is 9.46.